The van der Waals surface area contributed by atoms with Crippen LogP contribution in [0.5, 0.6) is 5.88 Å². The average Bonchev–Trinajstić information content (AvgIpc) is 3.45. The monoisotopic (exact) mass is 600 g/mol. The molecular formula is C21H33N10O9P. The summed E-state index contributed by atoms with van der Waals surface area (Å²) in [7, 11) is -1.92. The molecule has 3 heterocycles. The molecule has 1 unspecified atom stereocenters. The smallest absolute Gasteiger partial charge is 0.342 e. The summed E-state index contributed by atoms with van der Waals surface area (Å²) in [6.45, 7) is 5.66. The molecule has 41 heavy (non-hydrogen) atoms. The number of methoxy groups -OCH3 is 2. The van der Waals surface area contributed by atoms with Gasteiger partial charge in [-0.1, -0.05) is 5.11 Å². The second-order valence-corrected chi connectivity index (χ2v) is 11.0. The van der Waals surface area contributed by atoms with E-state index in [2.05, 4.69) is 44.6 Å². The Kier molecular flexibility index (Phi) is 10.1. The van der Waals surface area contributed by atoms with E-state index >= 15 is 0 Å². The minimum atomic E-state index is -4.21. The second kappa shape index (κ2) is 12.9. The zero-order valence-corrected chi connectivity index (χ0v) is 24.1. The van der Waals surface area contributed by atoms with Crippen molar-refractivity contribution in [1.29, 1.82) is 0 Å². The number of esters is 2. The molecule has 1 fully saturated rings. The van der Waals surface area contributed by atoms with Gasteiger partial charge in [-0.15, -0.1) is 0 Å². The first-order valence-electron chi connectivity index (χ1n) is 12.3. The Hall–Kier alpha value is -3.57. The normalized spacial score (nSPS) is 25.1. The number of fused-ring (bicyclic) bond motifs is 1. The molecule has 1 aliphatic rings. The van der Waals surface area contributed by atoms with Crippen LogP contribution in [-0.2, 0) is 32.9 Å². The highest BCUT2D eigenvalue weighted by molar-refractivity contribution is 7.54. The number of rotatable bonds is 13. The number of carbonyl (C=O) groups excluding carboxylic acids is 2. The van der Waals surface area contributed by atoms with Crippen LogP contribution in [0.2, 0.25) is 0 Å². The largest absolute Gasteiger partial charge is 0.476 e. The fourth-order valence-electron chi connectivity index (χ4n) is 4.16. The molecule has 0 aliphatic carbocycles. The van der Waals surface area contributed by atoms with E-state index in [4.69, 9.17) is 19.7 Å². The van der Waals surface area contributed by atoms with E-state index in [-0.39, 0.29) is 29.6 Å². The molecule has 0 radical (unpaired) electrons. The van der Waals surface area contributed by atoms with Crippen LogP contribution in [0.4, 0.5) is 5.95 Å². The third-order valence-electron chi connectivity index (χ3n) is 6.21. The number of carbonyl (C=O) groups is 2. The molecule has 2 aromatic rings. The Morgan fingerprint density at radius 3 is 2.44 bits per heavy atom. The van der Waals surface area contributed by atoms with E-state index in [1.807, 2.05) is 0 Å². The van der Waals surface area contributed by atoms with Crippen molar-refractivity contribution >= 4 is 36.7 Å². The minimum Gasteiger partial charge on any atom is -0.476 e. The van der Waals surface area contributed by atoms with Crippen molar-refractivity contribution in [2.45, 2.75) is 63.8 Å². The number of anilines is 1. The number of aromatic nitrogens is 4. The molecule has 0 saturated carbocycles. The first-order valence-corrected chi connectivity index (χ1v) is 13.9. The molecular weight excluding hydrogens is 567 g/mol. The molecule has 0 spiro atoms. The lowest BCUT2D eigenvalue weighted by atomic mass is 9.93. The van der Waals surface area contributed by atoms with Crippen LogP contribution in [0, 0.1) is 0 Å². The Labute approximate surface area is 234 Å². The van der Waals surface area contributed by atoms with E-state index in [9.17, 15) is 24.8 Å². The lowest BCUT2D eigenvalue weighted by molar-refractivity contribution is -0.142. The Morgan fingerprint density at radius 1 is 1.29 bits per heavy atom. The average molecular weight is 601 g/mol. The van der Waals surface area contributed by atoms with Gasteiger partial charge in [0.2, 0.25) is 11.8 Å². The fraction of sp³-hybridized carbons (Fsp3) is 0.667. The summed E-state index contributed by atoms with van der Waals surface area (Å²) in [5.41, 5.74) is 13.9. The predicted molar refractivity (Wildman–Crippen MR) is 141 cm³/mol. The number of nitrogen functional groups attached to an aromatic ring is 1. The summed E-state index contributed by atoms with van der Waals surface area (Å²) >= 11 is 0. The highest BCUT2D eigenvalue weighted by atomic mass is 31.2. The number of aliphatic hydroxyl groups is 1. The number of hydrogen-bond acceptors (Lipinski definition) is 14. The maximum absolute atomic E-state index is 13.7. The zero-order valence-electron chi connectivity index (χ0n) is 23.2. The van der Waals surface area contributed by atoms with Crippen LogP contribution in [0.1, 0.15) is 33.9 Å². The number of nitrogens with two attached hydrogens (primary N) is 1. The van der Waals surface area contributed by atoms with Crippen molar-refractivity contribution in [2.24, 2.45) is 5.11 Å². The molecule has 0 amide bonds. The number of aliphatic hydroxyl groups excluding tert-OH is 1. The van der Waals surface area contributed by atoms with Crippen molar-refractivity contribution in [3.8, 4) is 5.88 Å². The van der Waals surface area contributed by atoms with E-state index < -0.39 is 62.3 Å². The van der Waals surface area contributed by atoms with Gasteiger partial charge in [-0.3, -0.25) is 18.7 Å². The maximum atomic E-state index is 13.7. The second-order valence-electron chi connectivity index (χ2n) is 9.13. The molecule has 7 atom stereocenters. The third-order valence-corrected chi connectivity index (χ3v) is 8.18. The van der Waals surface area contributed by atoms with Crippen LogP contribution in [0.15, 0.2) is 11.4 Å². The molecule has 19 nitrogen and oxygen atoms in total. The summed E-state index contributed by atoms with van der Waals surface area (Å²) in [4.78, 5) is 39.3. The zero-order chi connectivity index (χ0) is 30.5. The predicted octanol–water partition coefficient (Wildman–Crippen LogP) is 0.561. The Morgan fingerprint density at radius 2 is 1.90 bits per heavy atom. The van der Waals surface area contributed by atoms with Gasteiger partial charge < -0.3 is 34.3 Å². The Balaban J connectivity index is 1.94. The van der Waals surface area contributed by atoms with E-state index in [0.29, 0.717) is 0 Å². The van der Waals surface area contributed by atoms with Gasteiger partial charge in [-0.25, -0.2) is 15.2 Å². The summed E-state index contributed by atoms with van der Waals surface area (Å²) in [5, 5.41) is 20.0. The van der Waals surface area contributed by atoms with Crippen LogP contribution < -0.4 is 20.6 Å². The quantitative estimate of drug-likeness (QED) is 0.0804. The fourth-order valence-corrected chi connectivity index (χ4v) is 5.97. The summed E-state index contributed by atoms with van der Waals surface area (Å²) in [5.74, 6) is -1.51. The standard InChI is InChI=1S/C21H33N10O9P/c1-7-38-16-13-15(25-20(22)26-16)31(9-24-13)19-21(4,29-30-23)14(32)12(40-19)8-39-41(35,27-10(2)17(33)36-5)28-11(3)18(34)37-6/h9-12,14,19,32H,7-8H2,1-6H3,(H2,22,25,26)(H2,27,28,35)/t10-,11+,12-,14-,19-,21-,41?/m1/s1. The molecule has 20 heteroatoms. The molecule has 5 N–H and O–H groups in total. The van der Waals surface area contributed by atoms with Crippen molar-refractivity contribution < 1.29 is 42.7 Å². The van der Waals surface area contributed by atoms with Crippen LogP contribution in [-0.4, -0.2) is 93.8 Å². The number of ether oxygens (including phenoxy) is 4. The molecule has 0 aromatic carbocycles. The first kappa shape index (κ1) is 32.0. The van der Waals surface area contributed by atoms with E-state index in [1.54, 1.807) is 6.92 Å². The van der Waals surface area contributed by atoms with Crippen molar-refractivity contribution in [1.82, 2.24) is 29.7 Å². The van der Waals surface area contributed by atoms with Gasteiger partial charge in [0, 0.05) is 4.91 Å². The number of hydrogen-bond donors (Lipinski definition) is 4. The maximum Gasteiger partial charge on any atom is 0.342 e. The van der Waals surface area contributed by atoms with Gasteiger partial charge in [-0.2, -0.15) is 9.97 Å². The van der Waals surface area contributed by atoms with Crippen LogP contribution in [0.25, 0.3) is 21.6 Å². The summed E-state index contributed by atoms with van der Waals surface area (Å²) in [6, 6.07) is -2.25. The number of nitrogens with one attached hydrogen (secondary N) is 2. The highest BCUT2D eigenvalue weighted by Gasteiger charge is 2.55. The molecule has 0 bridgehead atoms. The number of nitrogens with zero attached hydrogens (tertiary/aromatic N) is 7. The summed E-state index contributed by atoms with van der Waals surface area (Å²) in [6.07, 6.45) is -2.61. The van der Waals surface area contributed by atoms with E-state index in [1.165, 1.54) is 31.7 Å². The van der Waals surface area contributed by atoms with Gasteiger partial charge in [0.05, 0.1) is 39.9 Å². The van der Waals surface area contributed by atoms with Gasteiger partial charge >= 0.3 is 19.6 Å². The van der Waals surface area contributed by atoms with Gasteiger partial charge in [0.15, 0.2) is 17.4 Å². The molecule has 2 aromatic heterocycles. The highest BCUT2D eigenvalue weighted by Crippen LogP contribution is 2.46. The van der Waals surface area contributed by atoms with Crippen LogP contribution in [0.3, 0.4) is 0 Å². The third kappa shape index (κ3) is 6.68. The molecule has 1 aliphatic heterocycles. The molecule has 1 saturated heterocycles. The van der Waals surface area contributed by atoms with Crippen LogP contribution >= 0.6 is 7.67 Å². The lowest BCUT2D eigenvalue weighted by Crippen LogP contribution is -2.44. The minimum absolute atomic E-state index is 0.121. The molecule has 3 rings (SSSR count). The van der Waals surface area contributed by atoms with E-state index in [0.717, 1.165) is 14.2 Å². The van der Waals surface area contributed by atoms with Gasteiger partial charge in [0.1, 0.15) is 23.7 Å². The van der Waals surface area contributed by atoms with Crippen molar-refractivity contribution in [3.05, 3.63) is 16.8 Å². The number of azide groups is 1. The van der Waals surface area contributed by atoms with Gasteiger partial charge in [-0.05, 0) is 33.2 Å². The lowest BCUT2D eigenvalue weighted by Gasteiger charge is -2.28. The molecule has 226 valence electrons. The number of imidazole rings is 1. The first-order chi connectivity index (χ1) is 19.3. The SMILES string of the molecule is CCOc1nc(N)nc2c1ncn2[C@@H]1O[C@H](COP(=O)(N[C@@H](C)C(=O)OC)N[C@H](C)C(=O)OC)[C@@H](O)[C@@]1(C)N=[N+]=[N-]. The summed E-state index contributed by atoms with van der Waals surface area (Å²) < 4.78 is 41.6. The van der Waals surface area contributed by atoms with Crippen molar-refractivity contribution in [2.75, 3.05) is 33.2 Å². The van der Waals surface area contributed by atoms with Gasteiger partial charge in [0.25, 0.3) is 0 Å². The van der Waals surface area contributed by atoms with Crippen molar-refractivity contribution in [3.63, 3.8) is 0 Å². The topological polar surface area (TPSA) is 260 Å². The Bertz CT molecular complexity index is 1340.